The number of hydrogen-bond donors (Lipinski definition) is 2. The maximum absolute atomic E-state index is 13.3. The van der Waals surface area contributed by atoms with E-state index in [1.807, 2.05) is 13.1 Å². The molecule has 0 aromatic heterocycles. The van der Waals surface area contributed by atoms with Gasteiger partial charge in [0.05, 0.1) is 6.61 Å². The molecule has 1 rings (SSSR count). The number of hydrogen-bond acceptors (Lipinski definition) is 2. The van der Waals surface area contributed by atoms with Crippen molar-refractivity contribution < 1.29 is 9.50 Å². The molecule has 0 heterocycles. The first-order valence-corrected chi connectivity index (χ1v) is 4.98. The van der Waals surface area contributed by atoms with Gasteiger partial charge in [-0.3, -0.25) is 0 Å². The maximum atomic E-state index is 13.3. The highest BCUT2D eigenvalue weighted by Gasteiger charge is 1.99. The van der Waals surface area contributed by atoms with Crippen molar-refractivity contribution in [3.63, 3.8) is 0 Å². The Balaban J connectivity index is 2.70. The molecule has 0 saturated heterocycles. The molecule has 0 radical (unpaired) electrons. The van der Waals surface area contributed by atoms with E-state index in [1.165, 1.54) is 6.07 Å². The molecule has 0 spiro atoms. The quantitative estimate of drug-likeness (QED) is 0.726. The lowest BCUT2D eigenvalue weighted by molar-refractivity contribution is 0.281. The Hall–Kier alpha value is -1.19. The van der Waals surface area contributed by atoms with Crippen LogP contribution in [0, 0.1) is 5.82 Å². The predicted molar refractivity (Wildman–Crippen MR) is 59.9 cm³/mol. The summed E-state index contributed by atoms with van der Waals surface area (Å²) in [4.78, 5) is 0. The lowest BCUT2D eigenvalue weighted by atomic mass is 10.1. The van der Waals surface area contributed by atoms with Crippen LogP contribution in [0.3, 0.4) is 0 Å². The van der Waals surface area contributed by atoms with E-state index in [-0.39, 0.29) is 12.4 Å². The van der Waals surface area contributed by atoms with Crippen molar-refractivity contribution in [2.45, 2.75) is 13.0 Å². The molecule has 82 valence electrons. The Bertz CT molecular complexity index is 336. The van der Waals surface area contributed by atoms with Gasteiger partial charge in [-0.2, -0.15) is 0 Å². The molecule has 0 aliphatic rings. The van der Waals surface area contributed by atoms with Crippen molar-refractivity contribution >= 4 is 6.08 Å². The average Bonchev–Trinajstić information content (AvgIpc) is 2.26. The van der Waals surface area contributed by atoms with Gasteiger partial charge in [0.1, 0.15) is 5.82 Å². The van der Waals surface area contributed by atoms with E-state index < -0.39 is 0 Å². The van der Waals surface area contributed by atoms with Gasteiger partial charge in [0.15, 0.2) is 0 Å². The number of rotatable bonds is 5. The smallest absolute Gasteiger partial charge is 0.130 e. The summed E-state index contributed by atoms with van der Waals surface area (Å²) < 4.78 is 13.3. The SMILES string of the molecule is CNCCC=Cc1cc(CO)ccc1F. The van der Waals surface area contributed by atoms with Crippen LogP contribution in [0.5, 0.6) is 0 Å². The zero-order valence-corrected chi connectivity index (χ0v) is 8.83. The monoisotopic (exact) mass is 209 g/mol. The van der Waals surface area contributed by atoms with Crippen LogP contribution in [0.15, 0.2) is 24.3 Å². The van der Waals surface area contributed by atoms with Gasteiger partial charge in [0, 0.05) is 5.56 Å². The molecule has 0 saturated carbocycles. The van der Waals surface area contributed by atoms with Crippen molar-refractivity contribution in [1.82, 2.24) is 5.32 Å². The van der Waals surface area contributed by atoms with Gasteiger partial charge in [-0.25, -0.2) is 4.39 Å². The topological polar surface area (TPSA) is 32.3 Å². The molecule has 0 fully saturated rings. The third-order valence-electron chi connectivity index (χ3n) is 2.10. The third-order valence-corrected chi connectivity index (χ3v) is 2.10. The maximum Gasteiger partial charge on any atom is 0.130 e. The van der Waals surface area contributed by atoms with Crippen molar-refractivity contribution in [3.05, 3.63) is 41.2 Å². The normalized spacial score (nSPS) is 11.1. The zero-order valence-electron chi connectivity index (χ0n) is 8.83. The van der Waals surface area contributed by atoms with Crippen LogP contribution < -0.4 is 5.32 Å². The van der Waals surface area contributed by atoms with Crippen LogP contribution in [-0.4, -0.2) is 18.7 Å². The third kappa shape index (κ3) is 3.81. The largest absolute Gasteiger partial charge is 0.392 e. The number of aliphatic hydroxyl groups is 1. The molecule has 3 heteroatoms. The molecular formula is C12H16FNO. The van der Waals surface area contributed by atoms with Crippen LogP contribution >= 0.6 is 0 Å². The first kappa shape index (κ1) is 11.9. The second kappa shape index (κ2) is 6.32. The summed E-state index contributed by atoms with van der Waals surface area (Å²) in [6, 6.07) is 4.62. The molecule has 1 aromatic rings. The van der Waals surface area contributed by atoms with Crippen molar-refractivity contribution in [2.75, 3.05) is 13.6 Å². The minimum atomic E-state index is -0.257. The van der Waals surface area contributed by atoms with Gasteiger partial charge < -0.3 is 10.4 Å². The molecule has 0 aliphatic carbocycles. The van der Waals surface area contributed by atoms with Crippen LogP contribution in [0.25, 0.3) is 6.08 Å². The average molecular weight is 209 g/mol. The minimum Gasteiger partial charge on any atom is -0.392 e. The lowest BCUT2D eigenvalue weighted by Gasteiger charge is -2.00. The molecule has 2 nitrogen and oxygen atoms in total. The Labute approximate surface area is 89.4 Å². The Morgan fingerprint density at radius 1 is 1.47 bits per heavy atom. The highest BCUT2D eigenvalue weighted by molar-refractivity contribution is 5.51. The molecule has 0 bridgehead atoms. The Kier molecular flexibility index (Phi) is 5.01. The fraction of sp³-hybridized carbons (Fsp3) is 0.333. The molecule has 0 aliphatic heterocycles. The number of halogens is 1. The molecule has 15 heavy (non-hydrogen) atoms. The van der Waals surface area contributed by atoms with Crippen LogP contribution in [-0.2, 0) is 6.61 Å². The lowest BCUT2D eigenvalue weighted by Crippen LogP contribution is -2.05. The molecule has 0 amide bonds. The Morgan fingerprint density at radius 3 is 2.93 bits per heavy atom. The van der Waals surface area contributed by atoms with Gasteiger partial charge in [0.25, 0.3) is 0 Å². The van der Waals surface area contributed by atoms with Gasteiger partial charge >= 0.3 is 0 Å². The number of nitrogens with one attached hydrogen (secondary N) is 1. The van der Waals surface area contributed by atoms with Crippen molar-refractivity contribution in [1.29, 1.82) is 0 Å². The second-order valence-corrected chi connectivity index (χ2v) is 3.31. The first-order chi connectivity index (χ1) is 7.27. The summed E-state index contributed by atoms with van der Waals surface area (Å²) in [6.07, 6.45) is 4.52. The van der Waals surface area contributed by atoms with Gasteiger partial charge in [-0.1, -0.05) is 18.2 Å². The van der Waals surface area contributed by atoms with E-state index in [0.717, 1.165) is 18.5 Å². The summed E-state index contributed by atoms with van der Waals surface area (Å²) in [5, 5.41) is 11.9. The van der Waals surface area contributed by atoms with Crippen molar-refractivity contribution in [2.24, 2.45) is 0 Å². The minimum absolute atomic E-state index is 0.0579. The second-order valence-electron chi connectivity index (χ2n) is 3.31. The molecule has 1 aromatic carbocycles. The van der Waals surface area contributed by atoms with Gasteiger partial charge in [-0.05, 0) is 37.7 Å². The molecular weight excluding hydrogens is 193 g/mol. The van der Waals surface area contributed by atoms with Crippen LogP contribution in [0.1, 0.15) is 17.5 Å². The van der Waals surface area contributed by atoms with Crippen LogP contribution in [0.4, 0.5) is 4.39 Å². The highest BCUT2D eigenvalue weighted by atomic mass is 19.1. The molecule has 2 N–H and O–H groups in total. The van der Waals surface area contributed by atoms with Gasteiger partial charge in [-0.15, -0.1) is 0 Å². The summed E-state index contributed by atoms with van der Waals surface area (Å²) in [5.74, 6) is -0.257. The van der Waals surface area contributed by atoms with E-state index in [4.69, 9.17) is 5.11 Å². The number of aliphatic hydroxyl groups excluding tert-OH is 1. The molecule has 0 atom stereocenters. The Morgan fingerprint density at radius 2 is 2.27 bits per heavy atom. The first-order valence-electron chi connectivity index (χ1n) is 4.98. The summed E-state index contributed by atoms with van der Waals surface area (Å²) >= 11 is 0. The fourth-order valence-electron chi connectivity index (χ4n) is 1.26. The van der Waals surface area contributed by atoms with Crippen molar-refractivity contribution in [3.8, 4) is 0 Å². The number of benzene rings is 1. The van der Waals surface area contributed by atoms with Crippen LogP contribution in [0.2, 0.25) is 0 Å². The van der Waals surface area contributed by atoms with E-state index in [2.05, 4.69) is 5.32 Å². The highest BCUT2D eigenvalue weighted by Crippen LogP contribution is 2.12. The summed E-state index contributed by atoms with van der Waals surface area (Å²) in [6.45, 7) is 0.815. The van der Waals surface area contributed by atoms with E-state index in [1.54, 1.807) is 18.2 Å². The van der Waals surface area contributed by atoms with E-state index >= 15 is 0 Å². The summed E-state index contributed by atoms with van der Waals surface area (Å²) in [5.41, 5.74) is 1.25. The fourth-order valence-corrected chi connectivity index (χ4v) is 1.26. The van der Waals surface area contributed by atoms with E-state index in [0.29, 0.717) is 5.56 Å². The summed E-state index contributed by atoms with van der Waals surface area (Å²) in [7, 11) is 1.88. The standard InChI is InChI=1S/C12H16FNO/c1-14-7-3-2-4-11-8-10(9-15)5-6-12(11)13/h2,4-6,8,14-15H,3,7,9H2,1H3. The van der Waals surface area contributed by atoms with E-state index in [9.17, 15) is 4.39 Å². The van der Waals surface area contributed by atoms with Gasteiger partial charge in [0.2, 0.25) is 0 Å². The zero-order chi connectivity index (χ0) is 11.1. The molecule has 0 unspecified atom stereocenters. The predicted octanol–water partition coefficient (Wildman–Crippen LogP) is 1.94.